The lowest BCUT2D eigenvalue weighted by molar-refractivity contribution is -0.306. The maximum absolute atomic E-state index is 6.78. The van der Waals surface area contributed by atoms with Crippen molar-refractivity contribution in [3.05, 3.63) is 131 Å². The second-order valence-electron chi connectivity index (χ2n) is 10.8. The van der Waals surface area contributed by atoms with Gasteiger partial charge >= 0.3 is 0 Å². The van der Waals surface area contributed by atoms with E-state index < -0.39 is 24.6 Å². The summed E-state index contributed by atoms with van der Waals surface area (Å²) in [7, 11) is 3.35. The Morgan fingerprint density at radius 1 is 0.651 bits per heavy atom. The van der Waals surface area contributed by atoms with E-state index in [1.54, 1.807) is 14.2 Å². The predicted octanol–water partition coefficient (Wildman–Crippen LogP) is 6.50. The van der Waals surface area contributed by atoms with Crippen LogP contribution < -0.4 is 9.47 Å². The molecule has 0 aliphatic carbocycles. The first-order valence-electron chi connectivity index (χ1n) is 14.7. The molecular weight excluding hydrogens is 544 g/mol. The van der Waals surface area contributed by atoms with Gasteiger partial charge in [-0.15, -0.1) is 0 Å². The van der Waals surface area contributed by atoms with Gasteiger partial charge in [-0.1, -0.05) is 91.0 Å². The van der Waals surface area contributed by atoms with Gasteiger partial charge in [0.15, 0.2) is 0 Å². The van der Waals surface area contributed by atoms with E-state index in [1.807, 2.05) is 84.9 Å². The summed E-state index contributed by atoms with van der Waals surface area (Å²) in [4.78, 5) is 0. The molecule has 0 bridgehead atoms. The van der Waals surface area contributed by atoms with Crippen LogP contribution in [-0.4, -0.2) is 45.4 Å². The molecule has 0 amide bonds. The summed E-state index contributed by atoms with van der Waals surface area (Å²) in [5.41, 5.74) is 4.14. The SMILES string of the molecule is COc1ccc2c(c1)O[C@H]1O[C@H](COCc3ccccc3)[C@H](OCc3ccccc3)[C@H](OCc3ccccc3)[C@H]1[C@@H]2OC. The maximum Gasteiger partial charge on any atom is 0.208 e. The Bertz CT molecular complexity index is 1420. The van der Waals surface area contributed by atoms with Crippen LogP contribution in [0.3, 0.4) is 0 Å². The number of rotatable bonds is 12. The van der Waals surface area contributed by atoms with E-state index in [0.717, 1.165) is 22.3 Å². The van der Waals surface area contributed by atoms with E-state index in [9.17, 15) is 0 Å². The fourth-order valence-corrected chi connectivity index (χ4v) is 5.89. The molecule has 224 valence electrons. The smallest absolute Gasteiger partial charge is 0.208 e. The summed E-state index contributed by atoms with van der Waals surface area (Å²) < 4.78 is 44.6. The van der Waals surface area contributed by atoms with Crippen molar-refractivity contribution in [1.82, 2.24) is 0 Å². The van der Waals surface area contributed by atoms with Gasteiger partial charge in [-0.2, -0.15) is 0 Å². The number of methoxy groups -OCH3 is 2. The van der Waals surface area contributed by atoms with Crippen LogP contribution in [0.25, 0.3) is 0 Å². The van der Waals surface area contributed by atoms with Gasteiger partial charge in [0, 0.05) is 18.7 Å². The Labute approximate surface area is 253 Å². The summed E-state index contributed by atoms with van der Waals surface area (Å²) in [5, 5.41) is 0. The first-order chi connectivity index (χ1) is 21.2. The van der Waals surface area contributed by atoms with Crippen molar-refractivity contribution in [1.29, 1.82) is 0 Å². The lowest BCUT2D eigenvalue weighted by Crippen LogP contribution is -2.61. The topological polar surface area (TPSA) is 64.6 Å². The van der Waals surface area contributed by atoms with Crippen LogP contribution in [0.4, 0.5) is 0 Å². The molecule has 0 spiro atoms. The predicted molar refractivity (Wildman–Crippen MR) is 162 cm³/mol. The van der Waals surface area contributed by atoms with Crippen molar-refractivity contribution in [2.24, 2.45) is 5.92 Å². The third-order valence-electron chi connectivity index (χ3n) is 8.03. The maximum atomic E-state index is 6.78. The number of benzene rings is 4. The van der Waals surface area contributed by atoms with Crippen molar-refractivity contribution < 1.29 is 33.2 Å². The molecule has 0 saturated carbocycles. The second kappa shape index (κ2) is 14.2. The molecule has 4 aromatic carbocycles. The number of fused-ring (bicyclic) bond motifs is 2. The van der Waals surface area contributed by atoms with E-state index in [4.69, 9.17) is 33.2 Å². The van der Waals surface area contributed by atoms with Crippen molar-refractivity contribution in [2.75, 3.05) is 20.8 Å². The normalized spacial score (nSPS) is 24.4. The molecule has 6 rings (SSSR count). The largest absolute Gasteiger partial charge is 0.497 e. The van der Waals surface area contributed by atoms with Crippen LogP contribution in [0.15, 0.2) is 109 Å². The minimum atomic E-state index is -0.646. The van der Waals surface area contributed by atoms with E-state index >= 15 is 0 Å². The molecule has 2 aliphatic heterocycles. The average Bonchev–Trinajstić information content (AvgIpc) is 3.06. The highest BCUT2D eigenvalue weighted by atomic mass is 16.7. The first kappa shape index (κ1) is 29.4. The van der Waals surface area contributed by atoms with Crippen LogP contribution in [0, 0.1) is 5.92 Å². The number of hydrogen-bond donors (Lipinski definition) is 0. The van der Waals surface area contributed by atoms with Crippen molar-refractivity contribution in [3.63, 3.8) is 0 Å². The van der Waals surface area contributed by atoms with Crippen molar-refractivity contribution >= 4 is 0 Å². The summed E-state index contributed by atoms with van der Waals surface area (Å²) in [6.07, 6.45) is -2.34. The molecule has 0 radical (unpaired) electrons. The lowest BCUT2D eigenvalue weighted by Gasteiger charge is -2.50. The Balaban J connectivity index is 1.32. The zero-order valence-electron chi connectivity index (χ0n) is 24.5. The van der Waals surface area contributed by atoms with E-state index in [1.165, 1.54) is 0 Å². The molecular formula is C36H38O7. The van der Waals surface area contributed by atoms with Crippen molar-refractivity contribution in [2.45, 2.75) is 50.5 Å². The van der Waals surface area contributed by atoms with Crippen molar-refractivity contribution in [3.8, 4) is 11.5 Å². The number of hydrogen-bond acceptors (Lipinski definition) is 7. The minimum absolute atomic E-state index is 0.300. The van der Waals surface area contributed by atoms with Crippen LogP contribution >= 0.6 is 0 Å². The standard InChI is InChI=1S/C36H38O7/c1-37-28-18-19-29-30(20-28)42-36-32(33(29)38-2)35(41-23-27-16-10-5-11-17-27)34(40-22-26-14-8-4-9-15-26)31(43-36)24-39-21-25-12-6-3-7-13-25/h3-20,31-36H,21-24H2,1-2H3/t31-,32-,33-,34+,35-,36+/m1/s1. The van der Waals surface area contributed by atoms with Gasteiger partial charge in [-0.05, 0) is 28.8 Å². The number of ether oxygens (including phenoxy) is 7. The Morgan fingerprint density at radius 3 is 1.81 bits per heavy atom. The molecule has 0 N–H and O–H groups in total. The van der Waals surface area contributed by atoms with Gasteiger partial charge in [0.2, 0.25) is 6.29 Å². The minimum Gasteiger partial charge on any atom is -0.497 e. The van der Waals surface area contributed by atoms with Gasteiger partial charge in [-0.25, -0.2) is 0 Å². The fraction of sp³-hybridized carbons (Fsp3) is 0.333. The van der Waals surface area contributed by atoms with Gasteiger partial charge in [0.1, 0.15) is 23.7 Å². The monoisotopic (exact) mass is 582 g/mol. The van der Waals surface area contributed by atoms with Crippen LogP contribution in [0.1, 0.15) is 28.4 Å². The highest BCUT2D eigenvalue weighted by Crippen LogP contribution is 2.48. The second-order valence-corrected chi connectivity index (χ2v) is 10.8. The third-order valence-corrected chi connectivity index (χ3v) is 8.03. The Kier molecular flexibility index (Phi) is 9.67. The molecule has 0 aromatic heterocycles. The molecule has 2 heterocycles. The van der Waals surface area contributed by atoms with E-state index in [2.05, 4.69) is 24.3 Å². The molecule has 1 fully saturated rings. The quantitative estimate of drug-likeness (QED) is 0.189. The lowest BCUT2D eigenvalue weighted by atomic mass is 9.81. The van der Waals surface area contributed by atoms with Gasteiger partial charge in [0.05, 0.1) is 51.7 Å². The average molecular weight is 583 g/mol. The highest BCUT2D eigenvalue weighted by Gasteiger charge is 2.54. The zero-order chi connectivity index (χ0) is 29.4. The Hall–Kier alpha value is -3.72. The molecule has 43 heavy (non-hydrogen) atoms. The highest BCUT2D eigenvalue weighted by molar-refractivity contribution is 5.44. The molecule has 1 saturated heterocycles. The summed E-state index contributed by atoms with van der Waals surface area (Å²) in [6, 6.07) is 36.2. The third kappa shape index (κ3) is 6.93. The van der Waals surface area contributed by atoms with Gasteiger partial charge in [-0.3, -0.25) is 0 Å². The molecule has 2 aliphatic rings. The van der Waals surface area contributed by atoms with Crippen LogP contribution in [0.2, 0.25) is 0 Å². The zero-order valence-corrected chi connectivity index (χ0v) is 24.5. The molecule has 6 atom stereocenters. The first-order valence-corrected chi connectivity index (χ1v) is 14.7. The Morgan fingerprint density at radius 2 is 1.23 bits per heavy atom. The summed E-state index contributed by atoms with van der Waals surface area (Å²) in [6.45, 7) is 1.56. The molecule has 4 aromatic rings. The van der Waals surface area contributed by atoms with Gasteiger partial charge in [0.25, 0.3) is 0 Å². The molecule has 7 heteroatoms. The van der Waals surface area contributed by atoms with Crippen LogP contribution in [0.5, 0.6) is 11.5 Å². The van der Waals surface area contributed by atoms with Gasteiger partial charge < -0.3 is 33.2 Å². The summed E-state index contributed by atoms with van der Waals surface area (Å²) >= 11 is 0. The molecule has 7 nitrogen and oxygen atoms in total. The molecule has 0 unspecified atom stereocenters. The van der Waals surface area contributed by atoms with Crippen LogP contribution in [-0.2, 0) is 43.5 Å². The van der Waals surface area contributed by atoms with E-state index in [-0.39, 0.29) is 12.0 Å². The van der Waals surface area contributed by atoms with E-state index in [0.29, 0.717) is 37.9 Å². The summed E-state index contributed by atoms with van der Waals surface area (Å²) in [5.74, 6) is 1.06. The fourth-order valence-electron chi connectivity index (χ4n) is 5.89.